The molecule has 0 saturated carbocycles. The van der Waals surface area contributed by atoms with Gasteiger partial charge in [-0.25, -0.2) is 19.6 Å². The number of anilines is 2. The Morgan fingerprint density at radius 1 is 1.53 bits per heavy atom. The molecule has 0 amide bonds. The van der Waals surface area contributed by atoms with E-state index in [1.54, 1.807) is 0 Å². The molecule has 1 aromatic rings. The van der Waals surface area contributed by atoms with E-state index in [-0.39, 0.29) is 11.6 Å². The van der Waals surface area contributed by atoms with Crippen LogP contribution in [0.5, 0.6) is 0 Å². The summed E-state index contributed by atoms with van der Waals surface area (Å²) in [6.07, 6.45) is 2.07. The number of rotatable bonds is 3. The molecule has 6 heteroatoms. The van der Waals surface area contributed by atoms with Gasteiger partial charge in [-0.2, -0.15) is 0 Å². The van der Waals surface area contributed by atoms with Gasteiger partial charge in [-0.15, -0.1) is 0 Å². The monoisotopic (exact) mass is 242 g/mol. The van der Waals surface area contributed by atoms with Crippen LogP contribution in [0, 0.1) is 17.6 Å². The summed E-state index contributed by atoms with van der Waals surface area (Å²) in [5.74, 6) is 4.31. The van der Waals surface area contributed by atoms with Gasteiger partial charge in [0.25, 0.3) is 0 Å². The topological polar surface area (TPSA) is 54.2 Å². The van der Waals surface area contributed by atoms with E-state index in [0.29, 0.717) is 5.92 Å². The van der Waals surface area contributed by atoms with Gasteiger partial charge in [0.05, 0.1) is 0 Å². The quantitative estimate of drug-likeness (QED) is 0.627. The van der Waals surface area contributed by atoms with Crippen molar-refractivity contribution >= 4 is 11.6 Å². The summed E-state index contributed by atoms with van der Waals surface area (Å²) in [6, 6.07) is 0.816. The molecule has 2 rings (SSSR count). The van der Waals surface area contributed by atoms with Crippen LogP contribution in [-0.4, -0.2) is 18.1 Å². The number of hydrogen-bond donors (Lipinski definition) is 2. The van der Waals surface area contributed by atoms with E-state index >= 15 is 0 Å². The van der Waals surface area contributed by atoms with Crippen LogP contribution in [0.2, 0.25) is 0 Å². The second-order valence-corrected chi connectivity index (χ2v) is 4.28. The Hall–Kier alpha value is -1.43. The Morgan fingerprint density at radius 3 is 2.88 bits per heavy atom. The van der Waals surface area contributed by atoms with Gasteiger partial charge in [0.15, 0.2) is 23.3 Å². The molecule has 0 spiro atoms. The summed E-state index contributed by atoms with van der Waals surface area (Å²) in [6.45, 7) is 3.61. The molecule has 0 aliphatic carbocycles. The zero-order valence-corrected chi connectivity index (χ0v) is 9.71. The van der Waals surface area contributed by atoms with Gasteiger partial charge < -0.3 is 10.3 Å². The number of nitrogens with one attached hydrogen (secondary N) is 1. The van der Waals surface area contributed by atoms with Crippen molar-refractivity contribution in [2.75, 3.05) is 23.4 Å². The molecular weight excluding hydrogens is 226 g/mol. The molecule has 17 heavy (non-hydrogen) atoms. The number of nitrogens with two attached hydrogens (primary N) is 1. The zero-order chi connectivity index (χ0) is 12.4. The smallest absolute Gasteiger partial charge is 0.178 e. The molecule has 0 radical (unpaired) electrons. The van der Waals surface area contributed by atoms with Gasteiger partial charge in [-0.05, 0) is 12.3 Å². The predicted molar refractivity (Wildman–Crippen MR) is 62.6 cm³/mol. The molecule has 0 bridgehead atoms. The molecule has 1 saturated heterocycles. The van der Waals surface area contributed by atoms with Crippen molar-refractivity contribution in [3.63, 3.8) is 0 Å². The highest BCUT2D eigenvalue weighted by Gasteiger charge is 2.25. The number of aromatic nitrogens is 1. The first-order chi connectivity index (χ1) is 8.15. The molecular formula is C11H16F2N4. The Morgan fingerprint density at radius 2 is 2.29 bits per heavy atom. The van der Waals surface area contributed by atoms with Crippen LogP contribution in [0.1, 0.15) is 19.8 Å². The average Bonchev–Trinajstić information content (AvgIpc) is 2.78. The first-order valence-corrected chi connectivity index (χ1v) is 5.73. The van der Waals surface area contributed by atoms with Crippen molar-refractivity contribution in [3.8, 4) is 0 Å². The van der Waals surface area contributed by atoms with Crippen LogP contribution in [0.4, 0.5) is 20.4 Å². The van der Waals surface area contributed by atoms with E-state index in [1.165, 1.54) is 0 Å². The van der Waals surface area contributed by atoms with E-state index < -0.39 is 11.6 Å². The lowest BCUT2D eigenvalue weighted by Gasteiger charge is -2.18. The maximum atomic E-state index is 13.6. The zero-order valence-electron chi connectivity index (χ0n) is 9.71. The van der Waals surface area contributed by atoms with Gasteiger partial charge in [0, 0.05) is 19.2 Å². The van der Waals surface area contributed by atoms with Gasteiger partial charge in [0.1, 0.15) is 0 Å². The van der Waals surface area contributed by atoms with E-state index in [9.17, 15) is 8.78 Å². The number of nitrogen functional groups attached to an aromatic ring is 1. The molecule has 1 aliphatic rings. The minimum Gasteiger partial charge on any atom is -0.354 e. The van der Waals surface area contributed by atoms with Crippen LogP contribution in [0.3, 0.4) is 0 Å². The summed E-state index contributed by atoms with van der Waals surface area (Å²) < 4.78 is 26.8. The number of halogens is 2. The number of hydrazine groups is 1. The second kappa shape index (κ2) is 4.83. The Bertz CT molecular complexity index is 411. The number of pyridine rings is 1. The number of nitrogens with zero attached hydrogens (tertiary/aromatic N) is 2. The third-order valence-electron chi connectivity index (χ3n) is 3.21. The van der Waals surface area contributed by atoms with Gasteiger partial charge >= 0.3 is 0 Å². The van der Waals surface area contributed by atoms with E-state index in [0.717, 1.165) is 32.0 Å². The van der Waals surface area contributed by atoms with Crippen molar-refractivity contribution in [2.24, 2.45) is 11.8 Å². The van der Waals surface area contributed by atoms with Crippen molar-refractivity contribution < 1.29 is 8.78 Å². The SMILES string of the molecule is CCC1CCN(c2nc(NN)c(F)cc2F)C1. The molecule has 1 aromatic heterocycles. The normalized spacial score (nSPS) is 19.8. The fourth-order valence-electron chi connectivity index (χ4n) is 2.14. The summed E-state index contributed by atoms with van der Waals surface area (Å²) in [7, 11) is 0. The standard InChI is InChI=1S/C11H16F2N4/c1-2-7-3-4-17(6-7)11-9(13)5-8(12)10(15-11)16-14/h5,7H,2-4,6,14H2,1H3,(H,15,16). The molecule has 94 valence electrons. The minimum atomic E-state index is -0.778. The maximum Gasteiger partial charge on any atom is 0.178 e. The Labute approximate surface area is 98.8 Å². The lowest BCUT2D eigenvalue weighted by atomic mass is 10.1. The van der Waals surface area contributed by atoms with E-state index in [4.69, 9.17) is 5.84 Å². The minimum absolute atomic E-state index is 0.124. The third-order valence-corrected chi connectivity index (χ3v) is 3.21. The van der Waals surface area contributed by atoms with Crippen molar-refractivity contribution in [2.45, 2.75) is 19.8 Å². The molecule has 3 N–H and O–H groups in total. The van der Waals surface area contributed by atoms with Crippen LogP contribution < -0.4 is 16.2 Å². The summed E-state index contributed by atoms with van der Waals surface area (Å²) in [5.41, 5.74) is 2.13. The van der Waals surface area contributed by atoms with Crippen molar-refractivity contribution in [3.05, 3.63) is 17.7 Å². The fourth-order valence-corrected chi connectivity index (χ4v) is 2.14. The lowest BCUT2D eigenvalue weighted by Crippen LogP contribution is -2.23. The summed E-state index contributed by atoms with van der Waals surface area (Å²) in [5, 5.41) is 0. The molecule has 0 aromatic carbocycles. The van der Waals surface area contributed by atoms with Gasteiger partial charge in [0.2, 0.25) is 0 Å². The maximum absolute atomic E-state index is 13.6. The van der Waals surface area contributed by atoms with Crippen LogP contribution in [0.15, 0.2) is 6.07 Å². The Balaban J connectivity index is 2.26. The Kier molecular flexibility index (Phi) is 3.42. The van der Waals surface area contributed by atoms with E-state index in [2.05, 4.69) is 17.3 Å². The second-order valence-electron chi connectivity index (χ2n) is 4.28. The summed E-state index contributed by atoms with van der Waals surface area (Å²) >= 11 is 0. The highest BCUT2D eigenvalue weighted by atomic mass is 19.1. The molecule has 1 unspecified atom stereocenters. The first kappa shape index (κ1) is 12.0. The summed E-state index contributed by atoms with van der Waals surface area (Å²) in [4.78, 5) is 5.72. The number of hydrogen-bond acceptors (Lipinski definition) is 4. The van der Waals surface area contributed by atoms with Crippen molar-refractivity contribution in [1.29, 1.82) is 0 Å². The van der Waals surface area contributed by atoms with Gasteiger partial charge in [-0.3, -0.25) is 0 Å². The van der Waals surface area contributed by atoms with Crippen LogP contribution in [0.25, 0.3) is 0 Å². The highest BCUT2D eigenvalue weighted by molar-refractivity contribution is 5.49. The van der Waals surface area contributed by atoms with Crippen LogP contribution >= 0.6 is 0 Å². The molecule has 4 nitrogen and oxygen atoms in total. The highest BCUT2D eigenvalue weighted by Crippen LogP contribution is 2.28. The third kappa shape index (κ3) is 2.31. The van der Waals surface area contributed by atoms with Crippen molar-refractivity contribution in [1.82, 2.24) is 4.98 Å². The molecule has 1 fully saturated rings. The lowest BCUT2D eigenvalue weighted by molar-refractivity contribution is 0.560. The largest absolute Gasteiger partial charge is 0.354 e. The molecule has 1 atom stereocenters. The predicted octanol–water partition coefficient (Wildman–Crippen LogP) is 1.88. The fraction of sp³-hybridized carbons (Fsp3) is 0.545. The molecule has 1 aliphatic heterocycles. The molecule has 2 heterocycles. The van der Waals surface area contributed by atoms with Crippen LogP contribution in [-0.2, 0) is 0 Å². The first-order valence-electron chi connectivity index (χ1n) is 5.73. The van der Waals surface area contributed by atoms with Gasteiger partial charge in [-0.1, -0.05) is 13.3 Å². The average molecular weight is 242 g/mol. The van der Waals surface area contributed by atoms with E-state index in [1.807, 2.05) is 4.90 Å².